The normalized spacial score (nSPS) is 11.5. The van der Waals surface area contributed by atoms with Crippen LogP contribution in [-0.4, -0.2) is 24.2 Å². The molecule has 6 heteroatoms. The maximum Gasteiger partial charge on any atom is 0.224 e. The zero-order valence-corrected chi connectivity index (χ0v) is 12.7. The number of aliphatic hydroxyl groups is 1. The number of thiophene rings is 1. The first-order chi connectivity index (χ1) is 10.7. The quantitative estimate of drug-likeness (QED) is 0.819. The van der Waals surface area contributed by atoms with Crippen molar-refractivity contribution < 1.29 is 14.6 Å². The van der Waals surface area contributed by atoms with Crippen molar-refractivity contribution in [3.8, 4) is 11.8 Å². The van der Waals surface area contributed by atoms with Gasteiger partial charge < -0.3 is 15.2 Å². The van der Waals surface area contributed by atoms with E-state index in [1.54, 1.807) is 18.2 Å². The third-order valence-corrected chi connectivity index (χ3v) is 3.69. The summed E-state index contributed by atoms with van der Waals surface area (Å²) in [6.07, 6.45) is -0.499. The van der Waals surface area contributed by atoms with Gasteiger partial charge in [-0.2, -0.15) is 16.6 Å². The summed E-state index contributed by atoms with van der Waals surface area (Å²) in [6, 6.07) is 10.8. The Morgan fingerprint density at radius 1 is 1.45 bits per heavy atom. The van der Waals surface area contributed by atoms with Gasteiger partial charge in [0.2, 0.25) is 5.91 Å². The van der Waals surface area contributed by atoms with Crippen molar-refractivity contribution in [1.82, 2.24) is 5.32 Å². The lowest BCUT2D eigenvalue weighted by atomic mass is 10.1. The first kappa shape index (κ1) is 16.0. The van der Waals surface area contributed by atoms with Gasteiger partial charge in [-0.25, -0.2) is 0 Å². The molecular weight excluding hydrogens is 300 g/mol. The molecule has 1 amide bonds. The Balaban J connectivity index is 1.83. The number of carbonyl (C=O) groups is 1. The molecule has 2 N–H and O–H groups in total. The highest BCUT2D eigenvalue weighted by molar-refractivity contribution is 7.07. The Morgan fingerprint density at radius 3 is 3.05 bits per heavy atom. The first-order valence-electron chi connectivity index (χ1n) is 6.74. The van der Waals surface area contributed by atoms with Gasteiger partial charge >= 0.3 is 0 Å². The third kappa shape index (κ3) is 4.88. The second-order valence-corrected chi connectivity index (χ2v) is 5.43. The van der Waals surface area contributed by atoms with Crippen molar-refractivity contribution in [3.63, 3.8) is 0 Å². The number of nitrogens with zero attached hydrogens (tertiary/aromatic N) is 1. The standard InChI is InChI=1S/C16H16N2O3S/c17-5-6-21-14-3-1-2-12(8-14)9-16(20)18-10-15(19)13-4-7-22-11-13/h1-4,7-8,11,15,19H,6,9-10H2,(H,18,20). The maximum atomic E-state index is 11.9. The summed E-state index contributed by atoms with van der Waals surface area (Å²) in [7, 11) is 0. The van der Waals surface area contributed by atoms with Crippen molar-refractivity contribution in [2.75, 3.05) is 13.2 Å². The molecule has 0 saturated carbocycles. The van der Waals surface area contributed by atoms with E-state index in [2.05, 4.69) is 5.32 Å². The van der Waals surface area contributed by atoms with Crippen molar-refractivity contribution in [2.45, 2.75) is 12.5 Å². The highest BCUT2D eigenvalue weighted by Gasteiger charge is 2.10. The van der Waals surface area contributed by atoms with Crippen molar-refractivity contribution in [3.05, 3.63) is 52.2 Å². The highest BCUT2D eigenvalue weighted by Crippen LogP contribution is 2.16. The first-order valence-corrected chi connectivity index (χ1v) is 7.69. The van der Waals surface area contributed by atoms with E-state index >= 15 is 0 Å². The fraction of sp³-hybridized carbons (Fsp3) is 0.250. The monoisotopic (exact) mass is 316 g/mol. The Kier molecular flexibility index (Phi) is 5.95. The molecule has 1 heterocycles. The molecule has 1 unspecified atom stereocenters. The van der Waals surface area contributed by atoms with Gasteiger partial charge in [-0.1, -0.05) is 12.1 Å². The highest BCUT2D eigenvalue weighted by atomic mass is 32.1. The fourth-order valence-electron chi connectivity index (χ4n) is 1.90. The van der Waals surface area contributed by atoms with Crippen LogP contribution in [0.25, 0.3) is 0 Å². The number of rotatable bonds is 7. The topological polar surface area (TPSA) is 82.3 Å². The van der Waals surface area contributed by atoms with Gasteiger partial charge in [-0.05, 0) is 40.1 Å². The molecule has 0 aliphatic rings. The van der Waals surface area contributed by atoms with Crippen LogP contribution in [0.1, 0.15) is 17.2 Å². The molecule has 114 valence electrons. The Hall–Kier alpha value is -2.36. The van der Waals surface area contributed by atoms with E-state index in [4.69, 9.17) is 10.00 Å². The minimum Gasteiger partial charge on any atom is -0.479 e. The predicted molar refractivity (Wildman–Crippen MR) is 83.5 cm³/mol. The van der Waals surface area contributed by atoms with Crippen LogP contribution in [0.2, 0.25) is 0 Å². The number of ether oxygens (including phenoxy) is 1. The minimum absolute atomic E-state index is 0.0253. The third-order valence-electron chi connectivity index (χ3n) is 2.99. The average Bonchev–Trinajstić information content (AvgIpc) is 3.05. The van der Waals surface area contributed by atoms with Crippen LogP contribution in [0.4, 0.5) is 0 Å². The SMILES string of the molecule is N#CCOc1cccc(CC(=O)NCC(O)c2ccsc2)c1. The molecule has 0 spiro atoms. The largest absolute Gasteiger partial charge is 0.479 e. The number of benzene rings is 1. The molecule has 1 atom stereocenters. The van der Waals surface area contributed by atoms with Crippen LogP contribution >= 0.6 is 11.3 Å². The number of nitrogens with one attached hydrogen (secondary N) is 1. The number of hydrogen-bond donors (Lipinski definition) is 2. The fourth-order valence-corrected chi connectivity index (χ4v) is 2.61. The molecule has 1 aromatic carbocycles. The average molecular weight is 316 g/mol. The van der Waals surface area contributed by atoms with E-state index in [9.17, 15) is 9.90 Å². The van der Waals surface area contributed by atoms with Crippen LogP contribution in [0.15, 0.2) is 41.1 Å². The molecule has 0 radical (unpaired) electrons. The van der Waals surface area contributed by atoms with Gasteiger partial charge in [-0.3, -0.25) is 4.79 Å². The van der Waals surface area contributed by atoms with E-state index in [0.717, 1.165) is 11.1 Å². The maximum absolute atomic E-state index is 11.9. The van der Waals surface area contributed by atoms with Gasteiger partial charge in [0.1, 0.15) is 11.8 Å². The van der Waals surface area contributed by atoms with Gasteiger partial charge in [0, 0.05) is 6.54 Å². The van der Waals surface area contributed by atoms with Crippen LogP contribution in [0.5, 0.6) is 5.75 Å². The van der Waals surface area contributed by atoms with Crippen LogP contribution < -0.4 is 10.1 Å². The van der Waals surface area contributed by atoms with E-state index in [0.29, 0.717) is 5.75 Å². The lowest BCUT2D eigenvalue weighted by Gasteiger charge is -2.11. The lowest BCUT2D eigenvalue weighted by Crippen LogP contribution is -2.29. The number of nitriles is 1. The molecule has 0 bridgehead atoms. The minimum atomic E-state index is -0.694. The summed E-state index contributed by atoms with van der Waals surface area (Å²) in [6.45, 7) is 0.155. The summed E-state index contributed by atoms with van der Waals surface area (Å²) in [5.41, 5.74) is 1.59. The summed E-state index contributed by atoms with van der Waals surface area (Å²) in [5.74, 6) is 0.386. The van der Waals surface area contributed by atoms with Gasteiger partial charge in [0.15, 0.2) is 6.61 Å². The number of aliphatic hydroxyl groups excluding tert-OH is 1. The van der Waals surface area contributed by atoms with E-state index in [1.165, 1.54) is 11.3 Å². The van der Waals surface area contributed by atoms with E-state index < -0.39 is 6.10 Å². The van der Waals surface area contributed by atoms with Crippen molar-refractivity contribution >= 4 is 17.2 Å². The zero-order valence-electron chi connectivity index (χ0n) is 11.9. The smallest absolute Gasteiger partial charge is 0.224 e. The van der Waals surface area contributed by atoms with E-state index in [-0.39, 0.29) is 25.5 Å². The van der Waals surface area contributed by atoms with E-state index in [1.807, 2.05) is 29.0 Å². The lowest BCUT2D eigenvalue weighted by molar-refractivity contribution is -0.120. The molecule has 5 nitrogen and oxygen atoms in total. The van der Waals surface area contributed by atoms with Gasteiger partial charge in [0.05, 0.1) is 12.5 Å². The predicted octanol–water partition coefficient (Wildman–Crippen LogP) is 2.04. The van der Waals surface area contributed by atoms with Crippen molar-refractivity contribution in [2.24, 2.45) is 0 Å². The molecule has 0 fully saturated rings. The zero-order chi connectivity index (χ0) is 15.8. The number of hydrogen-bond acceptors (Lipinski definition) is 5. The summed E-state index contributed by atoms with van der Waals surface area (Å²) >= 11 is 1.50. The molecule has 0 aliphatic carbocycles. The molecule has 0 saturated heterocycles. The Morgan fingerprint density at radius 2 is 2.32 bits per heavy atom. The van der Waals surface area contributed by atoms with Gasteiger partial charge in [-0.15, -0.1) is 0 Å². The summed E-state index contributed by atoms with van der Waals surface area (Å²) in [4.78, 5) is 11.9. The second-order valence-electron chi connectivity index (χ2n) is 4.65. The molecular formula is C16H16N2O3S. The number of amides is 1. The molecule has 0 aliphatic heterocycles. The Bertz CT molecular complexity index is 650. The van der Waals surface area contributed by atoms with Crippen molar-refractivity contribution in [1.29, 1.82) is 5.26 Å². The summed E-state index contributed by atoms with van der Waals surface area (Å²) in [5, 5.41) is 24.8. The van der Waals surface area contributed by atoms with Crippen LogP contribution in [0.3, 0.4) is 0 Å². The molecule has 2 aromatic rings. The molecule has 22 heavy (non-hydrogen) atoms. The Labute approximate surface area is 132 Å². The molecule has 2 rings (SSSR count). The van der Waals surface area contributed by atoms with Gasteiger partial charge in [0.25, 0.3) is 0 Å². The second kappa shape index (κ2) is 8.17. The number of carbonyl (C=O) groups excluding carboxylic acids is 1. The van der Waals surface area contributed by atoms with Crippen LogP contribution in [-0.2, 0) is 11.2 Å². The summed E-state index contributed by atoms with van der Waals surface area (Å²) < 4.78 is 5.19. The van der Waals surface area contributed by atoms with Crippen LogP contribution in [0, 0.1) is 11.3 Å². The molecule has 1 aromatic heterocycles.